The molecule has 0 heterocycles. The Hall–Kier alpha value is -1.71. The SMILES string of the molecule is COC(=O)c1cc(NCCC(C)(C)C)ccc1N. The number of ether oxygens (including phenoxy) is 1. The van der Waals surface area contributed by atoms with E-state index in [2.05, 4.69) is 30.8 Å². The van der Waals surface area contributed by atoms with E-state index in [1.807, 2.05) is 6.07 Å². The maximum atomic E-state index is 11.5. The summed E-state index contributed by atoms with van der Waals surface area (Å²) in [4.78, 5) is 11.5. The second kappa shape index (κ2) is 5.76. The van der Waals surface area contributed by atoms with Gasteiger partial charge in [-0.1, -0.05) is 20.8 Å². The average molecular weight is 250 g/mol. The van der Waals surface area contributed by atoms with Crippen LogP contribution in [0.25, 0.3) is 0 Å². The van der Waals surface area contributed by atoms with Gasteiger partial charge in [0.15, 0.2) is 0 Å². The van der Waals surface area contributed by atoms with Crippen LogP contribution in [0.15, 0.2) is 18.2 Å². The zero-order chi connectivity index (χ0) is 13.8. The van der Waals surface area contributed by atoms with E-state index in [1.165, 1.54) is 7.11 Å². The lowest BCUT2D eigenvalue weighted by atomic mass is 9.92. The quantitative estimate of drug-likeness (QED) is 0.637. The number of carbonyl (C=O) groups is 1. The van der Waals surface area contributed by atoms with Crippen molar-refractivity contribution in [2.24, 2.45) is 5.41 Å². The lowest BCUT2D eigenvalue weighted by Gasteiger charge is -2.18. The van der Waals surface area contributed by atoms with E-state index >= 15 is 0 Å². The molecule has 4 heteroatoms. The Labute approximate surface area is 109 Å². The molecule has 1 aromatic rings. The normalized spacial score (nSPS) is 11.1. The van der Waals surface area contributed by atoms with Crippen LogP contribution in [0.4, 0.5) is 11.4 Å². The topological polar surface area (TPSA) is 64.3 Å². The Balaban J connectivity index is 2.71. The van der Waals surface area contributed by atoms with Crippen molar-refractivity contribution in [1.82, 2.24) is 0 Å². The fraction of sp³-hybridized carbons (Fsp3) is 0.500. The monoisotopic (exact) mass is 250 g/mol. The second-order valence-electron chi connectivity index (χ2n) is 5.53. The van der Waals surface area contributed by atoms with Crippen molar-refractivity contribution in [3.05, 3.63) is 23.8 Å². The van der Waals surface area contributed by atoms with Crippen molar-refractivity contribution in [2.75, 3.05) is 24.7 Å². The lowest BCUT2D eigenvalue weighted by Crippen LogP contribution is -2.13. The molecule has 0 radical (unpaired) electrons. The zero-order valence-electron chi connectivity index (χ0n) is 11.5. The van der Waals surface area contributed by atoms with Gasteiger partial charge in [0.2, 0.25) is 0 Å². The van der Waals surface area contributed by atoms with Gasteiger partial charge in [-0.25, -0.2) is 4.79 Å². The summed E-state index contributed by atoms with van der Waals surface area (Å²) in [5.41, 5.74) is 7.74. The van der Waals surface area contributed by atoms with Gasteiger partial charge >= 0.3 is 5.97 Å². The first-order chi connectivity index (χ1) is 8.33. The summed E-state index contributed by atoms with van der Waals surface area (Å²) in [6.07, 6.45) is 1.05. The summed E-state index contributed by atoms with van der Waals surface area (Å²) in [6.45, 7) is 7.43. The molecule has 0 spiro atoms. The largest absolute Gasteiger partial charge is 0.465 e. The van der Waals surface area contributed by atoms with Crippen LogP contribution in [0.1, 0.15) is 37.6 Å². The van der Waals surface area contributed by atoms with Crippen LogP contribution in [0.5, 0.6) is 0 Å². The van der Waals surface area contributed by atoms with Crippen LogP contribution < -0.4 is 11.1 Å². The van der Waals surface area contributed by atoms with Gasteiger partial charge in [-0.3, -0.25) is 0 Å². The minimum absolute atomic E-state index is 0.284. The molecule has 1 rings (SSSR count). The highest BCUT2D eigenvalue weighted by atomic mass is 16.5. The van der Waals surface area contributed by atoms with Crippen molar-refractivity contribution in [2.45, 2.75) is 27.2 Å². The zero-order valence-corrected chi connectivity index (χ0v) is 11.5. The first-order valence-corrected chi connectivity index (χ1v) is 6.05. The fourth-order valence-corrected chi connectivity index (χ4v) is 1.53. The van der Waals surface area contributed by atoms with Crippen LogP contribution in [-0.2, 0) is 4.74 Å². The van der Waals surface area contributed by atoms with Gasteiger partial charge < -0.3 is 15.8 Å². The third kappa shape index (κ3) is 4.28. The van der Waals surface area contributed by atoms with Crippen molar-refractivity contribution in [3.8, 4) is 0 Å². The third-order valence-corrected chi connectivity index (χ3v) is 2.66. The van der Waals surface area contributed by atoms with Gasteiger partial charge in [0.1, 0.15) is 0 Å². The number of nitrogens with two attached hydrogens (primary N) is 1. The first kappa shape index (κ1) is 14.4. The molecule has 0 unspecified atom stereocenters. The minimum Gasteiger partial charge on any atom is -0.465 e. The molecular weight excluding hydrogens is 228 g/mol. The summed E-state index contributed by atoms with van der Waals surface area (Å²) >= 11 is 0. The molecule has 18 heavy (non-hydrogen) atoms. The van der Waals surface area contributed by atoms with Gasteiger partial charge in [-0.05, 0) is 30.0 Å². The van der Waals surface area contributed by atoms with Crippen LogP contribution >= 0.6 is 0 Å². The number of carbonyl (C=O) groups excluding carboxylic acids is 1. The highest BCUT2D eigenvalue weighted by Gasteiger charge is 2.12. The van der Waals surface area contributed by atoms with Crippen molar-refractivity contribution < 1.29 is 9.53 Å². The van der Waals surface area contributed by atoms with Crippen molar-refractivity contribution in [1.29, 1.82) is 0 Å². The molecule has 100 valence electrons. The van der Waals surface area contributed by atoms with E-state index < -0.39 is 5.97 Å². The summed E-state index contributed by atoms with van der Waals surface area (Å²) < 4.78 is 4.68. The molecule has 0 saturated carbocycles. The highest BCUT2D eigenvalue weighted by Crippen LogP contribution is 2.21. The molecule has 0 bridgehead atoms. The molecule has 0 aromatic heterocycles. The van der Waals surface area contributed by atoms with Crippen LogP contribution in [0.2, 0.25) is 0 Å². The van der Waals surface area contributed by atoms with E-state index in [1.54, 1.807) is 12.1 Å². The molecule has 0 amide bonds. The van der Waals surface area contributed by atoms with Crippen molar-refractivity contribution in [3.63, 3.8) is 0 Å². The predicted molar refractivity (Wildman–Crippen MR) is 74.8 cm³/mol. The molecule has 4 nitrogen and oxygen atoms in total. The smallest absolute Gasteiger partial charge is 0.340 e. The molecule has 0 atom stereocenters. The minimum atomic E-state index is -0.410. The van der Waals surface area contributed by atoms with E-state index in [0.717, 1.165) is 18.7 Å². The number of nitrogens with one attached hydrogen (secondary N) is 1. The van der Waals surface area contributed by atoms with E-state index in [-0.39, 0.29) is 5.41 Å². The van der Waals surface area contributed by atoms with Crippen LogP contribution in [-0.4, -0.2) is 19.6 Å². The number of methoxy groups -OCH3 is 1. The molecule has 0 aliphatic heterocycles. The summed E-state index contributed by atoms with van der Waals surface area (Å²) in [6, 6.07) is 5.31. The third-order valence-electron chi connectivity index (χ3n) is 2.66. The molecule has 0 fully saturated rings. The van der Waals surface area contributed by atoms with Gasteiger partial charge in [0.25, 0.3) is 0 Å². The number of nitrogen functional groups attached to an aromatic ring is 1. The molecule has 3 N–H and O–H groups in total. The van der Waals surface area contributed by atoms with Crippen molar-refractivity contribution >= 4 is 17.3 Å². The maximum absolute atomic E-state index is 11.5. The Morgan fingerprint density at radius 3 is 2.61 bits per heavy atom. The molecular formula is C14H22N2O2. The summed E-state index contributed by atoms with van der Waals surface area (Å²) in [5, 5.41) is 3.28. The van der Waals surface area contributed by atoms with Gasteiger partial charge in [-0.15, -0.1) is 0 Å². The molecule has 0 saturated heterocycles. The Morgan fingerprint density at radius 2 is 2.06 bits per heavy atom. The standard InChI is InChI=1S/C14H22N2O2/c1-14(2,3)7-8-16-10-5-6-12(15)11(9-10)13(17)18-4/h5-6,9,16H,7-8,15H2,1-4H3. The predicted octanol–water partition coefficient (Wildman–Crippen LogP) is 2.90. The van der Waals surface area contributed by atoms with Gasteiger partial charge in [0, 0.05) is 17.9 Å². The molecule has 0 aliphatic rings. The molecule has 0 aliphatic carbocycles. The Morgan fingerprint density at radius 1 is 1.39 bits per heavy atom. The molecule has 1 aromatic carbocycles. The second-order valence-corrected chi connectivity index (χ2v) is 5.53. The lowest BCUT2D eigenvalue weighted by molar-refractivity contribution is 0.0602. The number of hydrogen-bond acceptors (Lipinski definition) is 4. The number of rotatable bonds is 4. The fourth-order valence-electron chi connectivity index (χ4n) is 1.53. The van der Waals surface area contributed by atoms with Gasteiger partial charge in [0.05, 0.1) is 12.7 Å². The first-order valence-electron chi connectivity index (χ1n) is 6.05. The Kier molecular flexibility index (Phi) is 4.59. The van der Waals surface area contributed by atoms with E-state index in [0.29, 0.717) is 11.3 Å². The average Bonchev–Trinajstić information content (AvgIpc) is 2.28. The summed E-state index contributed by atoms with van der Waals surface area (Å²) in [5.74, 6) is -0.410. The summed E-state index contributed by atoms with van der Waals surface area (Å²) in [7, 11) is 1.35. The number of esters is 1. The van der Waals surface area contributed by atoms with Crippen LogP contribution in [0.3, 0.4) is 0 Å². The number of benzene rings is 1. The maximum Gasteiger partial charge on any atom is 0.340 e. The number of hydrogen-bond donors (Lipinski definition) is 2. The Bertz CT molecular complexity index is 422. The van der Waals surface area contributed by atoms with E-state index in [9.17, 15) is 4.79 Å². The van der Waals surface area contributed by atoms with Crippen LogP contribution in [0, 0.1) is 5.41 Å². The highest BCUT2D eigenvalue weighted by molar-refractivity contribution is 5.96. The number of anilines is 2. The van der Waals surface area contributed by atoms with Gasteiger partial charge in [-0.2, -0.15) is 0 Å². The van der Waals surface area contributed by atoms with E-state index in [4.69, 9.17) is 5.73 Å².